The summed E-state index contributed by atoms with van der Waals surface area (Å²) in [6.45, 7) is 0.690. The molecular formula is C32H39N5O. The van der Waals surface area contributed by atoms with Crippen LogP contribution in [-0.4, -0.2) is 36.4 Å². The van der Waals surface area contributed by atoms with Gasteiger partial charge in [0, 0.05) is 24.2 Å². The van der Waals surface area contributed by atoms with E-state index in [1.165, 1.54) is 16.3 Å². The zero-order chi connectivity index (χ0) is 26.5. The van der Waals surface area contributed by atoms with Crippen molar-refractivity contribution in [1.29, 1.82) is 5.41 Å². The monoisotopic (exact) mass is 509 g/mol. The molecule has 0 saturated heterocycles. The number of carbonyl (C=O) groups excluding carboxylic acids is 1. The van der Waals surface area contributed by atoms with Crippen LogP contribution in [0.1, 0.15) is 56.1 Å². The first kappa shape index (κ1) is 26.1. The molecule has 38 heavy (non-hydrogen) atoms. The van der Waals surface area contributed by atoms with Gasteiger partial charge in [-0.3, -0.25) is 10.2 Å². The Bertz CT molecular complexity index is 1430. The van der Waals surface area contributed by atoms with Gasteiger partial charge in [-0.15, -0.1) is 0 Å². The Kier molecular flexibility index (Phi) is 8.20. The lowest BCUT2D eigenvalue weighted by Gasteiger charge is -2.29. The Morgan fingerprint density at radius 2 is 1.82 bits per heavy atom. The van der Waals surface area contributed by atoms with E-state index < -0.39 is 6.04 Å². The average Bonchev–Trinajstić information content (AvgIpc) is 3.14. The molecule has 1 atom stereocenters. The molecule has 3 aromatic rings. The standard InChI is InChI=1S/C32H39N5O/c33-25-13-15-26(16-14-25)37-32(38)30(36-19-18-22-9-5-8-21-6-1-3-10-27(21)22)29-11-4-2-7-23-20-24(31(34)35)12-17-28(23)29/h1,3,5-10,12,17,20,25-26,30,36H,2,4,11,13-16,18-19,33H2,(H3,34,35)(H,37,38)/t25-,26-,30?. The first-order chi connectivity index (χ1) is 18.5. The van der Waals surface area contributed by atoms with Crippen molar-refractivity contribution in [2.75, 3.05) is 6.54 Å². The molecule has 0 aliphatic heterocycles. The Labute approximate surface area is 224 Å². The normalized spacial score (nSPS) is 20.2. The lowest BCUT2D eigenvalue weighted by molar-refractivity contribution is -0.122. The predicted octanol–water partition coefficient (Wildman–Crippen LogP) is 2.83. The maximum Gasteiger partial charge on any atom is 0.241 e. The number of hydrogen-bond acceptors (Lipinski definition) is 4. The van der Waals surface area contributed by atoms with Crippen molar-refractivity contribution in [1.82, 2.24) is 10.6 Å². The maximum atomic E-state index is 13.9. The van der Waals surface area contributed by atoms with Crippen LogP contribution in [0.5, 0.6) is 0 Å². The van der Waals surface area contributed by atoms with Crippen molar-refractivity contribution in [2.24, 2.45) is 11.5 Å². The maximum absolute atomic E-state index is 13.9. The molecule has 1 saturated carbocycles. The van der Waals surface area contributed by atoms with Gasteiger partial charge in [0.25, 0.3) is 0 Å². The second-order valence-electron chi connectivity index (χ2n) is 10.7. The summed E-state index contributed by atoms with van der Waals surface area (Å²) in [6.07, 6.45) is 9.56. The van der Waals surface area contributed by atoms with Crippen molar-refractivity contribution in [3.05, 3.63) is 82.2 Å². The van der Waals surface area contributed by atoms with E-state index in [2.05, 4.69) is 59.2 Å². The van der Waals surface area contributed by atoms with Gasteiger partial charge >= 0.3 is 0 Å². The summed E-state index contributed by atoms with van der Waals surface area (Å²) in [7, 11) is 0. The van der Waals surface area contributed by atoms with Crippen LogP contribution in [0.25, 0.3) is 22.4 Å². The molecule has 6 heteroatoms. The molecule has 5 rings (SSSR count). The highest BCUT2D eigenvalue weighted by atomic mass is 16.2. The molecule has 1 amide bonds. The van der Waals surface area contributed by atoms with E-state index in [9.17, 15) is 4.79 Å². The number of amidine groups is 1. The Morgan fingerprint density at radius 1 is 1.03 bits per heavy atom. The van der Waals surface area contributed by atoms with Crippen LogP contribution < -0.4 is 32.5 Å². The summed E-state index contributed by atoms with van der Waals surface area (Å²) in [6, 6.07) is 20.8. The molecule has 0 aromatic heterocycles. The number of carbonyl (C=O) groups is 1. The van der Waals surface area contributed by atoms with Crippen LogP contribution in [0.15, 0.2) is 60.7 Å². The molecule has 0 radical (unpaired) electrons. The highest BCUT2D eigenvalue weighted by Crippen LogP contribution is 2.21. The summed E-state index contributed by atoms with van der Waals surface area (Å²) < 4.78 is 0. The third-order valence-corrected chi connectivity index (χ3v) is 8.07. The topological polar surface area (TPSA) is 117 Å². The molecule has 198 valence electrons. The fraction of sp³-hybridized carbons (Fsp3) is 0.375. The zero-order valence-electron chi connectivity index (χ0n) is 22.0. The SMILES string of the molecule is N=C(N)c1ccc2c(c1)=CCCCC=2C(NCCc1cccc2ccccc12)C(=O)N[C@H]1CC[C@H](N)CC1. The summed E-state index contributed by atoms with van der Waals surface area (Å²) in [5.41, 5.74) is 15.0. The molecule has 0 heterocycles. The van der Waals surface area contributed by atoms with E-state index in [1.807, 2.05) is 18.2 Å². The minimum Gasteiger partial charge on any atom is -0.384 e. The minimum absolute atomic E-state index is 0.0434. The number of nitrogens with two attached hydrogens (primary N) is 2. The molecule has 1 unspecified atom stereocenters. The van der Waals surface area contributed by atoms with Gasteiger partial charge in [-0.2, -0.15) is 0 Å². The van der Waals surface area contributed by atoms with Crippen molar-refractivity contribution in [3.8, 4) is 0 Å². The van der Waals surface area contributed by atoms with Gasteiger partial charge in [0.2, 0.25) is 5.91 Å². The van der Waals surface area contributed by atoms with Crippen molar-refractivity contribution in [2.45, 2.75) is 69.5 Å². The van der Waals surface area contributed by atoms with Gasteiger partial charge in [-0.1, -0.05) is 60.7 Å². The van der Waals surface area contributed by atoms with Gasteiger partial charge in [-0.25, -0.2) is 0 Å². The lowest BCUT2D eigenvalue weighted by atomic mass is 9.91. The molecule has 0 bridgehead atoms. The minimum atomic E-state index is -0.422. The number of nitrogen functional groups attached to an aromatic ring is 1. The summed E-state index contributed by atoms with van der Waals surface area (Å²) in [5.74, 6) is 0.104. The highest BCUT2D eigenvalue weighted by Gasteiger charge is 2.27. The second-order valence-corrected chi connectivity index (χ2v) is 10.7. The van der Waals surface area contributed by atoms with Gasteiger partial charge in [-0.05, 0) is 89.8 Å². The van der Waals surface area contributed by atoms with E-state index in [4.69, 9.17) is 16.9 Å². The molecule has 6 nitrogen and oxygen atoms in total. The predicted molar refractivity (Wildman–Crippen MR) is 156 cm³/mol. The quantitative estimate of drug-likeness (QED) is 0.237. The van der Waals surface area contributed by atoms with Crippen LogP contribution in [0.3, 0.4) is 0 Å². The van der Waals surface area contributed by atoms with Crippen LogP contribution in [-0.2, 0) is 11.2 Å². The summed E-state index contributed by atoms with van der Waals surface area (Å²) >= 11 is 0. The smallest absolute Gasteiger partial charge is 0.241 e. The molecule has 7 N–H and O–H groups in total. The fourth-order valence-electron chi connectivity index (χ4n) is 5.96. The van der Waals surface area contributed by atoms with Gasteiger partial charge < -0.3 is 22.1 Å². The number of rotatable bonds is 8. The highest BCUT2D eigenvalue weighted by molar-refractivity contribution is 5.95. The number of hydrogen-bond donors (Lipinski definition) is 5. The first-order valence-corrected chi connectivity index (χ1v) is 13.9. The van der Waals surface area contributed by atoms with E-state index in [1.54, 1.807) is 0 Å². The van der Waals surface area contributed by atoms with E-state index in [0.717, 1.165) is 67.4 Å². The van der Waals surface area contributed by atoms with E-state index in [0.29, 0.717) is 12.1 Å². The molecule has 3 aromatic carbocycles. The third kappa shape index (κ3) is 5.98. The van der Waals surface area contributed by atoms with Gasteiger partial charge in [0.05, 0.1) is 0 Å². The molecule has 1 fully saturated rings. The van der Waals surface area contributed by atoms with E-state index >= 15 is 0 Å². The van der Waals surface area contributed by atoms with Crippen molar-refractivity contribution >= 4 is 34.2 Å². The lowest BCUT2D eigenvalue weighted by Crippen LogP contribution is -2.51. The van der Waals surface area contributed by atoms with Crippen molar-refractivity contribution in [3.63, 3.8) is 0 Å². The van der Waals surface area contributed by atoms with Crippen LogP contribution in [0, 0.1) is 5.41 Å². The fourth-order valence-corrected chi connectivity index (χ4v) is 5.96. The first-order valence-electron chi connectivity index (χ1n) is 13.9. The largest absolute Gasteiger partial charge is 0.384 e. The van der Waals surface area contributed by atoms with Gasteiger partial charge in [0.1, 0.15) is 11.9 Å². The van der Waals surface area contributed by atoms with Crippen LogP contribution >= 0.6 is 0 Å². The number of benzene rings is 3. The third-order valence-electron chi connectivity index (χ3n) is 8.07. The van der Waals surface area contributed by atoms with Crippen molar-refractivity contribution < 1.29 is 4.79 Å². The molecule has 2 aliphatic carbocycles. The molecular weight excluding hydrogens is 470 g/mol. The zero-order valence-corrected chi connectivity index (χ0v) is 22.0. The summed E-state index contributed by atoms with van der Waals surface area (Å²) in [5, 5.41) is 19.5. The van der Waals surface area contributed by atoms with E-state index in [-0.39, 0.29) is 23.8 Å². The molecule has 0 spiro atoms. The number of amides is 1. The number of nitrogens with one attached hydrogen (secondary N) is 3. The Balaban J connectivity index is 1.45. The van der Waals surface area contributed by atoms with Crippen LogP contribution in [0.4, 0.5) is 0 Å². The number of fused-ring (bicyclic) bond motifs is 2. The summed E-state index contributed by atoms with van der Waals surface area (Å²) in [4.78, 5) is 13.9. The molecule has 2 aliphatic rings. The Morgan fingerprint density at radius 3 is 2.63 bits per heavy atom. The van der Waals surface area contributed by atoms with Gasteiger partial charge in [0.15, 0.2) is 0 Å². The second kappa shape index (κ2) is 11.9. The Hall–Kier alpha value is -3.48. The average molecular weight is 510 g/mol. The van der Waals surface area contributed by atoms with Crippen LogP contribution in [0.2, 0.25) is 0 Å².